The van der Waals surface area contributed by atoms with Crippen molar-refractivity contribution in [3.8, 4) is 0 Å². The van der Waals surface area contributed by atoms with E-state index < -0.39 is 0 Å². The van der Waals surface area contributed by atoms with Crippen molar-refractivity contribution in [1.29, 1.82) is 0 Å². The van der Waals surface area contributed by atoms with Crippen molar-refractivity contribution >= 4 is 17.2 Å². The molecule has 1 N–H and O–H groups in total. The zero-order valence-electron chi connectivity index (χ0n) is 13.2. The van der Waals surface area contributed by atoms with Crippen LogP contribution in [0.5, 0.6) is 0 Å². The van der Waals surface area contributed by atoms with E-state index in [0.29, 0.717) is 18.6 Å². The second-order valence-electron chi connectivity index (χ2n) is 6.57. The van der Waals surface area contributed by atoms with Crippen LogP contribution >= 0.6 is 11.3 Å². The average Bonchev–Trinajstić information content (AvgIpc) is 3.30. The highest BCUT2D eigenvalue weighted by Gasteiger charge is 2.46. The minimum absolute atomic E-state index is 0.126. The van der Waals surface area contributed by atoms with Crippen LogP contribution in [-0.2, 0) is 11.3 Å². The molecule has 23 heavy (non-hydrogen) atoms. The van der Waals surface area contributed by atoms with Crippen molar-refractivity contribution < 1.29 is 4.79 Å². The van der Waals surface area contributed by atoms with Gasteiger partial charge in [-0.1, -0.05) is 30.3 Å². The van der Waals surface area contributed by atoms with Crippen LogP contribution in [0.2, 0.25) is 0 Å². The van der Waals surface area contributed by atoms with Crippen LogP contribution in [-0.4, -0.2) is 23.4 Å². The van der Waals surface area contributed by atoms with Gasteiger partial charge in [0.1, 0.15) is 0 Å². The van der Waals surface area contributed by atoms with Crippen molar-refractivity contribution in [3.63, 3.8) is 0 Å². The Morgan fingerprint density at radius 2 is 2.13 bits per heavy atom. The SMILES string of the molecule is O=C(NCc1ccsc1)[C@H]1C[C@@H](c2ccccc2)N2CCC[C@H]12. The molecule has 2 aromatic rings. The predicted molar refractivity (Wildman–Crippen MR) is 93.2 cm³/mol. The van der Waals surface area contributed by atoms with E-state index in [9.17, 15) is 4.79 Å². The van der Waals surface area contributed by atoms with E-state index in [1.54, 1.807) is 11.3 Å². The third kappa shape index (κ3) is 2.93. The molecule has 0 saturated carbocycles. The van der Waals surface area contributed by atoms with Crippen LogP contribution in [0.4, 0.5) is 0 Å². The topological polar surface area (TPSA) is 32.3 Å². The summed E-state index contributed by atoms with van der Waals surface area (Å²) in [5, 5.41) is 7.31. The number of thiophene rings is 1. The van der Waals surface area contributed by atoms with Gasteiger partial charge in [0, 0.05) is 18.6 Å². The van der Waals surface area contributed by atoms with Crippen molar-refractivity contribution in [2.24, 2.45) is 5.92 Å². The molecule has 4 heteroatoms. The molecule has 0 bridgehead atoms. The maximum Gasteiger partial charge on any atom is 0.225 e. The number of amides is 1. The molecule has 4 rings (SSSR count). The Kier molecular flexibility index (Phi) is 4.19. The van der Waals surface area contributed by atoms with Gasteiger partial charge in [-0.2, -0.15) is 11.3 Å². The van der Waals surface area contributed by atoms with Crippen molar-refractivity contribution in [2.45, 2.75) is 37.9 Å². The molecule has 1 aromatic heterocycles. The number of rotatable bonds is 4. The fourth-order valence-electron chi connectivity index (χ4n) is 4.16. The first-order valence-corrected chi connectivity index (χ1v) is 9.36. The predicted octanol–water partition coefficient (Wildman–Crippen LogP) is 3.59. The van der Waals surface area contributed by atoms with E-state index in [2.05, 4.69) is 57.4 Å². The van der Waals surface area contributed by atoms with Crippen LogP contribution in [0.25, 0.3) is 0 Å². The standard InChI is InChI=1S/C19H22N2OS/c22-19(20-12-14-8-10-23-13-14)16-11-18(15-5-2-1-3-6-15)21-9-4-7-17(16)21/h1-3,5-6,8,10,13,16-18H,4,7,9,11-12H2,(H,20,22)/t16-,17+,18-/m0/s1. The molecule has 120 valence electrons. The number of hydrogen-bond donors (Lipinski definition) is 1. The van der Waals surface area contributed by atoms with Gasteiger partial charge in [0.05, 0.1) is 5.92 Å². The van der Waals surface area contributed by atoms with Crippen molar-refractivity contribution in [3.05, 3.63) is 58.3 Å². The Hall–Kier alpha value is -1.65. The number of nitrogens with zero attached hydrogens (tertiary/aromatic N) is 1. The molecular weight excluding hydrogens is 304 g/mol. The van der Waals surface area contributed by atoms with Gasteiger partial charge >= 0.3 is 0 Å². The smallest absolute Gasteiger partial charge is 0.225 e. The second-order valence-corrected chi connectivity index (χ2v) is 7.35. The molecule has 0 radical (unpaired) electrons. The van der Waals surface area contributed by atoms with Crippen LogP contribution in [0.3, 0.4) is 0 Å². The lowest BCUT2D eigenvalue weighted by molar-refractivity contribution is -0.125. The normalized spacial score (nSPS) is 27.0. The highest BCUT2D eigenvalue weighted by atomic mass is 32.1. The van der Waals surface area contributed by atoms with Gasteiger partial charge in [-0.25, -0.2) is 0 Å². The summed E-state index contributed by atoms with van der Waals surface area (Å²) >= 11 is 1.68. The molecule has 0 aliphatic carbocycles. The lowest BCUT2D eigenvalue weighted by atomic mass is 9.93. The first-order valence-electron chi connectivity index (χ1n) is 8.42. The van der Waals surface area contributed by atoms with Crippen molar-refractivity contribution in [2.75, 3.05) is 6.54 Å². The van der Waals surface area contributed by atoms with Gasteiger partial charge < -0.3 is 5.32 Å². The molecule has 2 aliphatic heterocycles. The van der Waals surface area contributed by atoms with Gasteiger partial charge in [0.2, 0.25) is 5.91 Å². The number of hydrogen-bond acceptors (Lipinski definition) is 3. The lowest BCUT2D eigenvalue weighted by Crippen LogP contribution is -2.37. The largest absolute Gasteiger partial charge is 0.352 e. The first kappa shape index (κ1) is 14.9. The van der Waals surface area contributed by atoms with Crippen LogP contribution in [0.1, 0.15) is 36.4 Å². The molecule has 3 heterocycles. The number of carbonyl (C=O) groups excluding carboxylic acids is 1. The molecule has 0 unspecified atom stereocenters. The van der Waals surface area contributed by atoms with E-state index in [0.717, 1.165) is 19.4 Å². The molecule has 0 spiro atoms. The summed E-state index contributed by atoms with van der Waals surface area (Å²) in [5.74, 6) is 0.355. The Bertz CT molecular complexity index is 655. The highest BCUT2D eigenvalue weighted by Crippen LogP contribution is 2.44. The van der Waals surface area contributed by atoms with E-state index in [4.69, 9.17) is 0 Å². The number of nitrogens with one attached hydrogen (secondary N) is 1. The van der Waals surface area contributed by atoms with Crippen LogP contribution < -0.4 is 5.32 Å². The van der Waals surface area contributed by atoms with E-state index >= 15 is 0 Å². The van der Waals surface area contributed by atoms with Crippen LogP contribution in [0.15, 0.2) is 47.2 Å². The summed E-state index contributed by atoms with van der Waals surface area (Å²) in [5.41, 5.74) is 2.55. The van der Waals surface area contributed by atoms with E-state index in [1.165, 1.54) is 17.5 Å². The maximum atomic E-state index is 12.7. The molecule has 2 fully saturated rings. The summed E-state index contributed by atoms with van der Waals surface area (Å²) in [6.07, 6.45) is 3.31. The van der Waals surface area contributed by atoms with E-state index in [-0.39, 0.29) is 11.8 Å². The zero-order chi connectivity index (χ0) is 15.6. The molecule has 3 atom stereocenters. The fraction of sp³-hybridized carbons (Fsp3) is 0.421. The second kappa shape index (κ2) is 6.46. The van der Waals surface area contributed by atoms with Gasteiger partial charge in [0.15, 0.2) is 0 Å². The Morgan fingerprint density at radius 3 is 2.91 bits per heavy atom. The monoisotopic (exact) mass is 326 g/mol. The highest BCUT2D eigenvalue weighted by molar-refractivity contribution is 7.07. The molecule has 2 aliphatic rings. The summed E-state index contributed by atoms with van der Waals surface area (Å²) in [4.78, 5) is 15.3. The molecule has 1 amide bonds. The van der Waals surface area contributed by atoms with Crippen molar-refractivity contribution in [1.82, 2.24) is 10.2 Å². The lowest BCUT2D eigenvalue weighted by Gasteiger charge is -2.24. The Morgan fingerprint density at radius 1 is 1.26 bits per heavy atom. The van der Waals surface area contributed by atoms with Gasteiger partial charge in [-0.3, -0.25) is 9.69 Å². The molecule has 3 nitrogen and oxygen atoms in total. The summed E-state index contributed by atoms with van der Waals surface area (Å²) in [7, 11) is 0. The number of carbonyl (C=O) groups is 1. The molecular formula is C19H22N2OS. The fourth-order valence-corrected chi connectivity index (χ4v) is 4.83. The quantitative estimate of drug-likeness (QED) is 0.931. The Balaban J connectivity index is 1.47. The minimum atomic E-state index is 0.126. The number of benzene rings is 1. The molecule has 1 aromatic carbocycles. The Labute approximate surface area is 141 Å². The third-order valence-electron chi connectivity index (χ3n) is 5.25. The minimum Gasteiger partial charge on any atom is -0.352 e. The summed E-state index contributed by atoms with van der Waals surface area (Å²) < 4.78 is 0. The average molecular weight is 326 g/mol. The van der Waals surface area contributed by atoms with Gasteiger partial charge in [-0.15, -0.1) is 0 Å². The van der Waals surface area contributed by atoms with Crippen LogP contribution in [0, 0.1) is 5.92 Å². The molecule has 2 saturated heterocycles. The third-order valence-corrected chi connectivity index (χ3v) is 5.98. The summed E-state index contributed by atoms with van der Waals surface area (Å²) in [6.45, 7) is 1.78. The number of fused-ring (bicyclic) bond motifs is 1. The first-order chi connectivity index (χ1) is 11.3. The van der Waals surface area contributed by atoms with Gasteiger partial charge in [-0.05, 0) is 53.8 Å². The van der Waals surface area contributed by atoms with E-state index in [1.807, 2.05) is 0 Å². The maximum absolute atomic E-state index is 12.7. The van der Waals surface area contributed by atoms with Gasteiger partial charge in [0.25, 0.3) is 0 Å². The summed E-state index contributed by atoms with van der Waals surface area (Å²) in [6, 6.07) is 13.6. The zero-order valence-corrected chi connectivity index (χ0v) is 14.0.